The molecule has 24 heavy (non-hydrogen) atoms. The van der Waals surface area contributed by atoms with Crippen molar-refractivity contribution in [3.05, 3.63) is 52.0 Å². The monoisotopic (exact) mass is 344 g/mol. The van der Waals surface area contributed by atoms with E-state index in [1.54, 1.807) is 12.4 Å². The number of hydrogen-bond donors (Lipinski definition) is 2. The van der Waals surface area contributed by atoms with Gasteiger partial charge < -0.3 is 10.6 Å². The Hall–Kier alpha value is -1.92. The first-order valence-corrected chi connectivity index (χ1v) is 9.25. The fourth-order valence-electron chi connectivity index (χ4n) is 2.98. The van der Waals surface area contributed by atoms with E-state index in [1.807, 2.05) is 30.4 Å². The Kier molecular flexibility index (Phi) is 5.48. The average Bonchev–Trinajstić information content (AvgIpc) is 3.08. The second-order valence-corrected chi connectivity index (χ2v) is 7.30. The molecular formula is C18H24N4OS. The number of fused-ring (bicyclic) bond motifs is 1. The topological polar surface area (TPSA) is 57.3 Å². The van der Waals surface area contributed by atoms with Crippen molar-refractivity contribution in [3.63, 3.8) is 0 Å². The summed E-state index contributed by atoms with van der Waals surface area (Å²) in [4.78, 5) is 20.1. The van der Waals surface area contributed by atoms with Crippen LogP contribution >= 0.6 is 11.3 Å². The van der Waals surface area contributed by atoms with Crippen LogP contribution in [-0.2, 0) is 13.0 Å². The predicted octanol–water partition coefficient (Wildman–Crippen LogP) is 2.95. The molecule has 6 heteroatoms. The molecule has 1 aliphatic heterocycles. The Morgan fingerprint density at radius 2 is 2.29 bits per heavy atom. The van der Waals surface area contributed by atoms with E-state index in [0.29, 0.717) is 12.6 Å². The summed E-state index contributed by atoms with van der Waals surface area (Å²) in [6.07, 6.45) is 4.62. The van der Waals surface area contributed by atoms with Gasteiger partial charge in [0.1, 0.15) is 0 Å². The van der Waals surface area contributed by atoms with Crippen molar-refractivity contribution in [3.8, 4) is 0 Å². The zero-order chi connectivity index (χ0) is 16.9. The minimum absolute atomic E-state index is 0.0580. The van der Waals surface area contributed by atoms with Crippen LogP contribution in [-0.4, -0.2) is 35.0 Å². The van der Waals surface area contributed by atoms with Gasteiger partial charge in [-0.15, -0.1) is 11.3 Å². The van der Waals surface area contributed by atoms with Crippen LogP contribution in [0.2, 0.25) is 0 Å². The van der Waals surface area contributed by atoms with Crippen molar-refractivity contribution >= 4 is 17.4 Å². The number of nitrogens with one attached hydrogen (secondary N) is 2. The number of nitrogens with zero attached hydrogens (tertiary/aromatic N) is 2. The van der Waals surface area contributed by atoms with Gasteiger partial charge in [0, 0.05) is 42.9 Å². The molecule has 2 aromatic rings. The van der Waals surface area contributed by atoms with E-state index in [-0.39, 0.29) is 12.1 Å². The van der Waals surface area contributed by atoms with Gasteiger partial charge >= 0.3 is 6.03 Å². The molecule has 0 spiro atoms. The van der Waals surface area contributed by atoms with E-state index in [9.17, 15) is 4.79 Å². The van der Waals surface area contributed by atoms with Crippen LogP contribution in [0.25, 0.3) is 0 Å². The average molecular weight is 344 g/mol. The highest BCUT2D eigenvalue weighted by Gasteiger charge is 2.21. The molecule has 0 aliphatic carbocycles. The fourth-order valence-corrected chi connectivity index (χ4v) is 3.87. The number of aromatic nitrogens is 1. The Balaban J connectivity index is 1.44. The van der Waals surface area contributed by atoms with Crippen molar-refractivity contribution < 1.29 is 4.79 Å². The predicted molar refractivity (Wildman–Crippen MR) is 97.1 cm³/mol. The van der Waals surface area contributed by atoms with Gasteiger partial charge in [-0.2, -0.15) is 0 Å². The van der Waals surface area contributed by atoms with Crippen LogP contribution in [0.1, 0.15) is 35.9 Å². The van der Waals surface area contributed by atoms with E-state index in [4.69, 9.17) is 0 Å². The molecular weight excluding hydrogens is 320 g/mol. The molecule has 5 nitrogen and oxygen atoms in total. The number of amides is 2. The van der Waals surface area contributed by atoms with E-state index in [1.165, 1.54) is 10.4 Å². The summed E-state index contributed by atoms with van der Waals surface area (Å²) in [5, 5.41) is 8.12. The number of hydrogen-bond acceptors (Lipinski definition) is 4. The van der Waals surface area contributed by atoms with Gasteiger partial charge in [-0.1, -0.05) is 6.07 Å². The van der Waals surface area contributed by atoms with Crippen LogP contribution in [0.15, 0.2) is 36.0 Å². The minimum Gasteiger partial charge on any atom is -0.337 e. The van der Waals surface area contributed by atoms with Crippen molar-refractivity contribution in [2.75, 3.05) is 13.1 Å². The first kappa shape index (κ1) is 16.9. The molecule has 0 aromatic carbocycles. The molecule has 0 saturated heterocycles. The van der Waals surface area contributed by atoms with Crippen LogP contribution in [0.5, 0.6) is 0 Å². The summed E-state index contributed by atoms with van der Waals surface area (Å²) >= 11 is 1.85. The third kappa shape index (κ3) is 4.13. The van der Waals surface area contributed by atoms with Crippen molar-refractivity contribution in [2.24, 2.45) is 0 Å². The van der Waals surface area contributed by atoms with Crippen molar-refractivity contribution in [2.45, 2.75) is 38.9 Å². The first-order chi connectivity index (χ1) is 11.6. The number of rotatable bonds is 5. The molecule has 0 bridgehead atoms. The maximum Gasteiger partial charge on any atom is 0.315 e. The number of urea groups is 1. The Morgan fingerprint density at radius 1 is 1.42 bits per heavy atom. The van der Waals surface area contributed by atoms with E-state index < -0.39 is 0 Å². The Bertz CT molecular complexity index is 673. The summed E-state index contributed by atoms with van der Waals surface area (Å²) in [5.74, 6) is 0. The number of carbonyl (C=O) groups is 1. The molecule has 0 fully saturated rings. The van der Waals surface area contributed by atoms with Gasteiger partial charge in [0.15, 0.2) is 0 Å². The number of thiophene rings is 1. The lowest BCUT2D eigenvalue weighted by Gasteiger charge is -2.32. The van der Waals surface area contributed by atoms with Crippen molar-refractivity contribution in [1.82, 2.24) is 20.5 Å². The minimum atomic E-state index is -0.133. The lowest BCUT2D eigenvalue weighted by atomic mass is 10.1. The summed E-state index contributed by atoms with van der Waals surface area (Å²) < 4.78 is 0. The van der Waals surface area contributed by atoms with Gasteiger partial charge in [-0.25, -0.2) is 4.79 Å². The summed E-state index contributed by atoms with van der Waals surface area (Å²) in [6, 6.07) is 6.19. The largest absolute Gasteiger partial charge is 0.337 e. The maximum absolute atomic E-state index is 12.1. The molecule has 2 atom stereocenters. The number of pyridine rings is 1. The van der Waals surface area contributed by atoms with Gasteiger partial charge in [-0.05, 0) is 48.9 Å². The van der Waals surface area contributed by atoms with Crippen molar-refractivity contribution in [1.29, 1.82) is 0 Å². The van der Waals surface area contributed by atoms with Crippen LogP contribution < -0.4 is 10.6 Å². The highest BCUT2D eigenvalue weighted by atomic mass is 32.1. The number of carbonyl (C=O) groups excluding carboxylic acids is 1. The second-order valence-electron chi connectivity index (χ2n) is 6.30. The van der Waals surface area contributed by atoms with Crippen LogP contribution in [0, 0.1) is 0 Å². The third-order valence-electron chi connectivity index (χ3n) is 4.55. The first-order valence-electron chi connectivity index (χ1n) is 8.37. The van der Waals surface area contributed by atoms with E-state index in [2.05, 4.69) is 38.9 Å². The highest BCUT2D eigenvalue weighted by molar-refractivity contribution is 7.10. The van der Waals surface area contributed by atoms with Gasteiger partial charge in [-0.3, -0.25) is 9.88 Å². The lowest BCUT2D eigenvalue weighted by molar-refractivity contribution is 0.185. The molecule has 1 aliphatic rings. The van der Waals surface area contributed by atoms with Gasteiger partial charge in [0.25, 0.3) is 0 Å². The molecule has 0 saturated carbocycles. The molecule has 0 radical (unpaired) electrons. The SMILES string of the molecule is C[C@@H](NC(=O)NC[C@H](C)N1CCc2sccc2C1)c1cccnc1. The van der Waals surface area contributed by atoms with Gasteiger partial charge in [0.05, 0.1) is 6.04 Å². The maximum atomic E-state index is 12.1. The molecule has 3 rings (SSSR count). The Morgan fingerprint density at radius 3 is 3.08 bits per heavy atom. The molecule has 128 valence electrons. The van der Waals surface area contributed by atoms with E-state index in [0.717, 1.165) is 25.1 Å². The second kappa shape index (κ2) is 7.77. The molecule has 2 aromatic heterocycles. The third-order valence-corrected chi connectivity index (χ3v) is 5.57. The molecule has 2 amide bonds. The zero-order valence-corrected chi connectivity index (χ0v) is 15.0. The zero-order valence-electron chi connectivity index (χ0n) is 14.2. The summed E-state index contributed by atoms with van der Waals surface area (Å²) in [6.45, 7) is 6.81. The fraction of sp³-hybridized carbons (Fsp3) is 0.444. The van der Waals surface area contributed by atoms with Crippen LogP contribution in [0.4, 0.5) is 4.79 Å². The summed E-state index contributed by atoms with van der Waals surface area (Å²) in [7, 11) is 0. The van der Waals surface area contributed by atoms with E-state index >= 15 is 0 Å². The Labute approximate surface area is 147 Å². The molecule has 2 N–H and O–H groups in total. The van der Waals surface area contributed by atoms with Gasteiger partial charge in [0.2, 0.25) is 0 Å². The molecule has 3 heterocycles. The summed E-state index contributed by atoms with van der Waals surface area (Å²) in [5.41, 5.74) is 2.44. The highest BCUT2D eigenvalue weighted by Crippen LogP contribution is 2.24. The normalized spacial score (nSPS) is 16.9. The smallest absolute Gasteiger partial charge is 0.315 e. The quantitative estimate of drug-likeness (QED) is 0.877. The van der Waals surface area contributed by atoms with Crippen LogP contribution in [0.3, 0.4) is 0 Å². The standard InChI is InChI=1S/C18H24N4OS/c1-13(22-8-5-17-16(12-22)6-9-24-17)10-20-18(23)21-14(2)15-4-3-7-19-11-15/h3-4,6-7,9,11,13-14H,5,8,10,12H2,1-2H3,(H2,20,21,23)/t13-,14+/m0/s1. The molecule has 0 unspecified atom stereocenters. The lowest BCUT2D eigenvalue weighted by Crippen LogP contribution is -2.46.